The standard InChI is InChI=1S/C27H31FN6O3/c1-5-22(35)32-11-12-33(17(4)15-32)25-18-14-19(28)20-8-6-7-13-37-21-9-10-29-23(16(2)3)24(21)34(26(18)30-20)27(36)31-25/h5,9-10,14,16-17H,1,6-8,11-13,15H2,2-4H3/t17-/m0/s1. The maximum absolute atomic E-state index is 15.4. The van der Waals surface area contributed by atoms with E-state index in [0.29, 0.717) is 78.8 Å². The van der Waals surface area contributed by atoms with Gasteiger partial charge in [-0.15, -0.1) is 0 Å². The first-order valence-corrected chi connectivity index (χ1v) is 12.7. The van der Waals surface area contributed by atoms with Crippen LogP contribution in [0, 0.1) is 5.82 Å². The molecule has 0 aliphatic carbocycles. The second kappa shape index (κ2) is 9.91. The van der Waals surface area contributed by atoms with E-state index in [9.17, 15) is 9.59 Å². The van der Waals surface area contributed by atoms with Crippen LogP contribution in [0.25, 0.3) is 16.7 Å². The summed E-state index contributed by atoms with van der Waals surface area (Å²) >= 11 is 0. The van der Waals surface area contributed by atoms with Crippen molar-refractivity contribution < 1.29 is 13.9 Å². The topological polar surface area (TPSA) is 93.5 Å². The Hall–Kier alpha value is -3.82. The number of rotatable bonds is 3. The van der Waals surface area contributed by atoms with Crippen LogP contribution < -0.4 is 15.3 Å². The van der Waals surface area contributed by atoms with Gasteiger partial charge in [0.1, 0.15) is 23.1 Å². The van der Waals surface area contributed by atoms with Gasteiger partial charge in [0.05, 0.1) is 23.4 Å². The summed E-state index contributed by atoms with van der Waals surface area (Å²) in [7, 11) is 0. The van der Waals surface area contributed by atoms with E-state index in [1.54, 1.807) is 17.2 Å². The average molecular weight is 507 g/mol. The van der Waals surface area contributed by atoms with E-state index in [-0.39, 0.29) is 17.9 Å². The number of anilines is 1. The molecular formula is C27H31FN6O3. The lowest BCUT2D eigenvalue weighted by Crippen LogP contribution is -2.54. The highest BCUT2D eigenvalue weighted by Crippen LogP contribution is 2.34. The normalized spacial score (nSPS) is 17.9. The lowest BCUT2D eigenvalue weighted by Gasteiger charge is -2.40. The predicted octanol–water partition coefficient (Wildman–Crippen LogP) is 3.38. The Bertz CT molecular complexity index is 1440. The Morgan fingerprint density at radius 3 is 2.81 bits per heavy atom. The van der Waals surface area contributed by atoms with Crippen LogP contribution in [0.1, 0.15) is 50.9 Å². The fourth-order valence-electron chi connectivity index (χ4n) is 5.13. The number of ether oxygens (including phenoxy) is 1. The number of amides is 1. The molecule has 3 aromatic heterocycles. The van der Waals surface area contributed by atoms with Crippen molar-refractivity contribution in [3.63, 3.8) is 0 Å². The van der Waals surface area contributed by atoms with Gasteiger partial charge < -0.3 is 14.5 Å². The highest BCUT2D eigenvalue weighted by atomic mass is 19.1. The molecule has 1 atom stereocenters. The fraction of sp³-hybridized carbons (Fsp3) is 0.444. The van der Waals surface area contributed by atoms with Gasteiger partial charge >= 0.3 is 5.69 Å². The number of nitrogens with zero attached hydrogens (tertiary/aromatic N) is 6. The zero-order valence-electron chi connectivity index (χ0n) is 21.4. The molecular weight excluding hydrogens is 475 g/mol. The van der Waals surface area contributed by atoms with Crippen molar-refractivity contribution in [1.29, 1.82) is 0 Å². The van der Waals surface area contributed by atoms with E-state index in [1.165, 1.54) is 16.7 Å². The van der Waals surface area contributed by atoms with Crippen molar-refractivity contribution in [2.75, 3.05) is 31.1 Å². The summed E-state index contributed by atoms with van der Waals surface area (Å²) in [6, 6.07) is 3.03. The Kier molecular flexibility index (Phi) is 6.66. The molecule has 3 aromatic rings. The van der Waals surface area contributed by atoms with E-state index >= 15 is 4.39 Å². The highest BCUT2D eigenvalue weighted by molar-refractivity contribution is 5.90. The molecule has 2 bridgehead atoms. The van der Waals surface area contributed by atoms with E-state index in [1.807, 2.05) is 25.7 Å². The molecule has 194 valence electrons. The average Bonchev–Trinajstić information content (AvgIpc) is 2.91. The van der Waals surface area contributed by atoms with Gasteiger partial charge in [-0.3, -0.25) is 9.78 Å². The number of aromatic nitrogens is 4. The minimum absolute atomic E-state index is 0.0132. The van der Waals surface area contributed by atoms with Gasteiger partial charge in [-0.2, -0.15) is 4.98 Å². The van der Waals surface area contributed by atoms with Crippen LogP contribution in [0.15, 0.2) is 35.8 Å². The third-order valence-corrected chi connectivity index (χ3v) is 7.01. The summed E-state index contributed by atoms with van der Waals surface area (Å²) in [5, 5.41) is 0.431. The molecule has 0 unspecified atom stereocenters. The number of pyridine rings is 2. The number of aryl methyl sites for hydroxylation is 1. The first-order valence-electron chi connectivity index (χ1n) is 12.7. The summed E-state index contributed by atoms with van der Waals surface area (Å²) in [6.07, 6.45) is 4.82. The SMILES string of the molecule is C=CC(=O)N1CCN(c2nc(=O)n3c4nc(c(F)cc24)CCCCOc2ccnc(C(C)C)c2-3)[C@@H](C)C1. The zero-order chi connectivity index (χ0) is 26.3. The van der Waals surface area contributed by atoms with Crippen molar-refractivity contribution >= 4 is 22.8 Å². The van der Waals surface area contributed by atoms with Gasteiger partial charge in [-0.1, -0.05) is 20.4 Å². The molecule has 9 nitrogen and oxygen atoms in total. The van der Waals surface area contributed by atoms with Gasteiger partial charge in [-0.25, -0.2) is 18.7 Å². The van der Waals surface area contributed by atoms with Gasteiger partial charge in [0, 0.05) is 37.9 Å². The van der Waals surface area contributed by atoms with Crippen LogP contribution in [0.4, 0.5) is 10.2 Å². The first-order chi connectivity index (χ1) is 17.8. The smallest absolute Gasteiger partial charge is 0.356 e. The maximum atomic E-state index is 15.4. The minimum atomic E-state index is -0.539. The summed E-state index contributed by atoms with van der Waals surface area (Å²) in [6.45, 7) is 11.3. The number of halogens is 1. The Morgan fingerprint density at radius 2 is 2.08 bits per heavy atom. The highest BCUT2D eigenvalue weighted by Gasteiger charge is 2.31. The second-order valence-corrected chi connectivity index (χ2v) is 9.88. The van der Waals surface area contributed by atoms with Gasteiger partial charge in [-0.05, 0) is 44.2 Å². The van der Waals surface area contributed by atoms with Crippen molar-refractivity contribution in [2.45, 2.75) is 52.0 Å². The van der Waals surface area contributed by atoms with Crippen molar-refractivity contribution in [2.24, 2.45) is 0 Å². The zero-order valence-corrected chi connectivity index (χ0v) is 21.4. The maximum Gasteiger partial charge on any atom is 0.356 e. The van der Waals surface area contributed by atoms with Crippen LogP contribution >= 0.6 is 0 Å². The number of carbonyl (C=O) groups excluding carboxylic acids is 1. The third kappa shape index (κ3) is 4.45. The monoisotopic (exact) mass is 506 g/mol. The Balaban J connectivity index is 1.77. The van der Waals surface area contributed by atoms with Gasteiger partial charge in [0.2, 0.25) is 5.91 Å². The van der Waals surface area contributed by atoms with E-state index in [4.69, 9.17) is 9.72 Å². The molecule has 1 saturated heterocycles. The first kappa shape index (κ1) is 24.9. The number of piperazine rings is 1. The summed E-state index contributed by atoms with van der Waals surface area (Å²) in [4.78, 5) is 43.4. The Labute approximate surface area is 214 Å². The lowest BCUT2D eigenvalue weighted by molar-refractivity contribution is -0.126. The minimum Gasteiger partial charge on any atom is -0.491 e. The Morgan fingerprint density at radius 1 is 1.27 bits per heavy atom. The van der Waals surface area contributed by atoms with Crippen molar-refractivity contribution in [3.05, 3.63) is 58.7 Å². The number of fused-ring (bicyclic) bond motifs is 3. The fourth-order valence-corrected chi connectivity index (χ4v) is 5.13. The van der Waals surface area contributed by atoms with E-state index in [0.717, 1.165) is 6.42 Å². The summed E-state index contributed by atoms with van der Waals surface area (Å²) in [5.41, 5.74) is 1.26. The molecule has 37 heavy (non-hydrogen) atoms. The number of hydrogen-bond donors (Lipinski definition) is 0. The molecule has 1 amide bonds. The van der Waals surface area contributed by atoms with Crippen molar-refractivity contribution in [3.8, 4) is 11.4 Å². The van der Waals surface area contributed by atoms with Crippen LogP contribution in [-0.4, -0.2) is 62.6 Å². The van der Waals surface area contributed by atoms with Crippen LogP contribution in [0.5, 0.6) is 5.75 Å². The number of hydrogen-bond acceptors (Lipinski definition) is 7. The molecule has 2 aliphatic rings. The summed E-state index contributed by atoms with van der Waals surface area (Å²) in [5.74, 6) is 0.300. The van der Waals surface area contributed by atoms with Gasteiger partial charge in [0.25, 0.3) is 0 Å². The van der Waals surface area contributed by atoms with E-state index in [2.05, 4.69) is 16.5 Å². The molecule has 2 aliphatic heterocycles. The molecule has 0 aromatic carbocycles. The van der Waals surface area contributed by atoms with Crippen LogP contribution in [0.2, 0.25) is 0 Å². The molecule has 5 heterocycles. The number of carbonyl (C=O) groups is 1. The molecule has 0 radical (unpaired) electrons. The molecule has 1 fully saturated rings. The molecule has 5 rings (SSSR count). The van der Waals surface area contributed by atoms with Gasteiger partial charge in [0.15, 0.2) is 5.65 Å². The van der Waals surface area contributed by atoms with Crippen LogP contribution in [-0.2, 0) is 11.2 Å². The molecule has 10 heteroatoms. The molecule has 0 saturated carbocycles. The summed E-state index contributed by atoms with van der Waals surface area (Å²) < 4.78 is 22.9. The van der Waals surface area contributed by atoms with Crippen molar-refractivity contribution in [1.82, 2.24) is 24.4 Å². The largest absolute Gasteiger partial charge is 0.491 e. The third-order valence-electron chi connectivity index (χ3n) is 7.01. The lowest BCUT2D eigenvalue weighted by atomic mass is 10.1. The van der Waals surface area contributed by atoms with Crippen LogP contribution in [0.3, 0.4) is 0 Å². The van der Waals surface area contributed by atoms with E-state index < -0.39 is 11.5 Å². The second-order valence-electron chi connectivity index (χ2n) is 9.88. The quantitative estimate of drug-likeness (QED) is 0.503. The molecule has 0 spiro atoms. The molecule has 0 N–H and O–H groups in total. The predicted molar refractivity (Wildman–Crippen MR) is 139 cm³/mol.